The fourth-order valence-corrected chi connectivity index (χ4v) is 6.85. The van der Waals surface area contributed by atoms with Crippen LogP contribution in [0.5, 0.6) is 0 Å². The molecule has 0 spiro atoms. The molecule has 0 aromatic rings. The minimum absolute atomic E-state index is 0.318. The molecule has 0 heterocycles. The summed E-state index contributed by atoms with van der Waals surface area (Å²) in [5, 5.41) is 0. The van der Waals surface area contributed by atoms with Crippen molar-refractivity contribution in [3.63, 3.8) is 0 Å². The molecule has 1 atom stereocenters. The van der Waals surface area contributed by atoms with Gasteiger partial charge < -0.3 is 0 Å². The summed E-state index contributed by atoms with van der Waals surface area (Å²) in [5.74, 6) is 1.46. The molecule has 6 nitrogen and oxygen atoms in total. The molecule has 0 amide bonds. The standard InChI is InChI=1S/C9H13.3C3H2O2.Ti/c1-6-5-7(2)9(4)8(6)3;3*1-2-3(4)5;/h6H,1-4H3;3*1H,(H,4,5);/q;;;;+3/p-3. The van der Waals surface area contributed by atoms with Gasteiger partial charge in [-0.3, -0.25) is 0 Å². The van der Waals surface area contributed by atoms with Crippen LogP contribution in [0.1, 0.15) is 27.7 Å². The van der Waals surface area contributed by atoms with E-state index in [0.717, 1.165) is 11.1 Å². The molecule has 0 radical (unpaired) electrons. The van der Waals surface area contributed by atoms with Gasteiger partial charge in [0.1, 0.15) is 0 Å². The zero-order chi connectivity index (χ0) is 19.4. The van der Waals surface area contributed by atoms with Gasteiger partial charge >= 0.3 is 151 Å². The van der Waals surface area contributed by atoms with Crippen molar-refractivity contribution in [1.29, 1.82) is 0 Å². The second kappa shape index (κ2) is 7.90. The Balaban J connectivity index is 3.65. The van der Waals surface area contributed by atoms with Crippen molar-refractivity contribution in [2.24, 2.45) is 5.92 Å². The quantitative estimate of drug-likeness (QED) is 0.549. The number of allylic oxidation sites excluding steroid dienone is 4. The summed E-state index contributed by atoms with van der Waals surface area (Å²) in [6.07, 6.45) is 15.1. The van der Waals surface area contributed by atoms with Gasteiger partial charge in [0.15, 0.2) is 0 Å². The van der Waals surface area contributed by atoms with E-state index in [9.17, 15) is 14.4 Å². The van der Waals surface area contributed by atoms with E-state index in [1.807, 2.05) is 13.8 Å². The topological polar surface area (TPSA) is 78.9 Å². The normalized spacial score (nSPS) is 16.4. The molecule has 1 unspecified atom stereocenters. The molecule has 0 aliphatic heterocycles. The Morgan fingerprint density at radius 3 is 1.44 bits per heavy atom. The van der Waals surface area contributed by atoms with Gasteiger partial charge in [-0.1, -0.05) is 0 Å². The Hall–Kier alpha value is -2.72. The third kappa shape index (κ3) is 4.04. The van der Waals surface area contributed by atoms with E-state index in [1.54, 1.807) is 31.6 Å². The van der Waals surface area contributed by atoms with E-state index in [0.29, 0.717) is 9.45 Å². The van der Waals surface area contributed by atoms with Gasteiger partial charge in [0.25, 0.3) is 0 Å². The molecule has 0 saturated carbocycles. The molecule has 0 fully saturated rings. The third-order valence-electron chi connectivity index (χ3n) is 4.01. The van der Waals surface area contributed by atoms with E-state index in [1.165, 1.54) is 0 Å². The molecular weight excluding hydrogens is 360 g/mol. The van der Waals surface area contributed by atoms with Crippen molar-refractivity contribution in [3.05, 3.63) is 20.6 Å². The Bertz CT molecular complexity index is 756. The molecule has 1 aliphatic carbocycles. The van der Waals surface area contributed by atoms with E-state index in [-0.39, 0.29) is 5.92 Å². The second-order valence-electron chi connectivity index (χ2n) is 5.23. The molecular formula is C18H16O6Ti. The van der Waals surface area contributed by atoms with Gasteiger partial charge in [0.2, 0.25) is 0 Å². The number of hydrogen-bond donors (Lipinski definition) is 0. The zero-order valence-electron chi connectivity index (χ0n) is 14.3. The summed E-state index contributed by atoms with van der Waals surface area (Å²) in [4.78, 5) is 35.3. The van der Waals surface area contributed by atoms with E-state index >= 15 is 0 Å². The molecule has 1 aliphatic rings. The van der Waals surface area contributed by atoms with Crippen LogP contribution in [-0.4, -0.2) is 17.9 Å². The Morgan fingerprint density at radius 2 is 1.20 bits per heavy atom. The van der Waals surface area contributed by atoms with Crippen LogP contribution in [0.25, 0.3) is 0 Å². The molecule has 0 aromatic heterocycles. The Kier molecular flexibility index (Phi) is 6.43. The summed E-state index contributed by atoms with van der Waals surface area (Å²) in [7, 11) is 0. The van der Waals surface area contributed by atoms with Crippen molar-refractivity contribution < 1.29 is 42.1 Å². The van der Waals surface area contributed by atoms with Gasteiger partial charge in [-0.25, -0.2) is 0 Å². The van der Waals surface area contributed by atoms with E-state index in [4.69, 9.17) is 29.2 Å². The third-order valence-corrected chi connectivity index (χ3v) is 8.42. The van der Waals surface area contributed by atoms with Crippen LogP contribution in [0, 0.1) is 42.9 Å². The van der Waals surface area contributed by atoms with Crippen LogP contribution in [0.3, 0.4) is 0 Å². The summed E-state index contributed by atoms with van der Waals surface area (Å²) >= 11 is -5.12. The molecule has 0 bridgehead atoms. The zero-order valence-corrected chi connectivity index (χ0v) is 15.8. The van der Waals surface area contributed by atoms with Crippen molar-refractivity contribution in [2.45, 2.75) is 27.7 Å². The first-order chi connectivity index (χ1) is 11.6. The van der Waals surface area contributed by atoms with Crippen molar-refractivity contribution >= 4 is 17.9 Å². The minimum atomic E-state index is -5.12. The summed E-state index contributed by atoms with van der Waals surface area (Å²) in [5.41, 5.74) is 2.50. The molecule has 1 rings (SSSR count). The van der Waals surface area contributed by atoms with Gasteiger partial charge in [0, 0.05) is 0 Å². The van der Waals surface area contributed by atoms with Crippen molar-refractivity contribution in [3.8, 4) is 37.0 Å². The first-order valence-corrected chi connectivity index (χ1v) is 9.80. The molecule has 0 N–H and O–H groups in total. The van der Waals surface area contributed by atoms with Crippen molar-refractivity contribution in [1.82, 2.24) is 0 Å². The Morgan fingerprint density at radius 1 is 0.840 bits per heavy atom. The maximum atomic E-state index is 11.8. The average molecular weight is 376 g/mol. The van der Waals surface area contributed by atoms with Crippen LogP contribution < -0.4 is 0 Å². The second-order valence-corrected chi connectivity index (χ2v) is 8.76. The fourth-order valence-electron chi connectivity index (χ4n) is 2.54. The van der Waals surface area contributed by atoms with Crippen LogP contribution in [-0.2, 0) is 42.1 Å². The first-order valence-electron chi connectivity index (χ1n) is 7.11. The SMILES string of the molecule is C#CC(=O)[O][Ti]([O]C(=O)C#C)([O]C(=O)C#C)[C]1=C(C)C(C)=C(C)C1C. The molecule has 0 aromatic carbocycles. The van der Waals surface area contributed by atoms with Gasteiger partial charge in [-0.05, 0) is 0 Å². The number of rotatable bonds is 4. The van der Waals surface area contributed by atoms with E-state index in [2.05, 4.69) is 0 Å². The molecule has 0 saturated heterocycles. The predicted molar refractivity (Wildman–Crippen MR) is 85.0 cm³/mol. The Labute approximate surface area is 151 Å². The number of terminal acetylenes is 3. The van der Waals surface area contributed by atoms with Crippen LogP contribution in [0.2, 0.25) is 0 Å². The summed E-state index contributed by atoms with van der Waals surface area (Å²) in [6.45, 7) is 7.23. The van der Waals surface area contributed by atoms with E-state index < -0.39 is 35.7 Å². The molecule has 128 valence electrons. The summed E-state index contributed by atoms with van der Waals surface area (Å²) < 4.78 is 16.0. The van der Waals surface area contributed by atoms with Crippen LogP contribution in [0.15, 0.2) is 20.6 Å². The van der Waals surface area contributed by atoms with Gasteiger partial charge in [-0.15, -0.1) is 0 Å². The van der Waals surface area contributed by atoms with Gasteiger partial charge in [0.05, 0.1) is 0 Å². The number of carbonyl (C=O) groups is 3. The first kappa shape index (κ1) is 20.3. The number of carbonyl (C=O) groups excluding carboxylic acids is 3. The predicted octanol–water partition coefficient (Wildman–Crippen LogP) is 1.67. The maximum absolute atomic E-state index is 11.8. The average Bonchev–Trinajstić information content (AvgIpc) is 2.77. The van der Waals surface area contributed by atoms with Crippen molar-refractivity contribution in [2.75, 3.05) is 0 Å². The van der Waals surface area contributed by atoms with Gasteiger partial charge in [-0.2, -0.15) is 0 Å². The molecule has 7 heteroatoms. The summed E-state index contributed by atoms with van der Waals surface area (Å²) in [6, 6.07) is 0. The fraction of sp³-hybridized carbons (Fsp3) is 0.278. The van der Waals surface area contributed by atoms with Crippen LogP contribution >= 0.6 is 0 Å². The van der Waals surface area contributed by atoms with Crippen LogP contribution in [0.4, 0.5) is 0 Å². The number of hydrogen-bond acceptors (Lipinski definition) is 6. The molecule has 25 heavy (non-hydrogen) atoms. The monoisotopic (exact) mass is 376 g/mol.